The van der Waals surface area contributed by atoms with Crippen LogP contribution in [0.25, 0.3) is 0 Å². The van der Waals surface area contributed by atoms with Gasteiger partial charge in [-0.3, -0.25) is 0 Å². The van der Waals surface area contributed by atoms with Crippen LogP contribution in [-0.2, 0) is 6.54 Å². The Kier molecular flexibility index (Phi) is 4.07. The van der Waals surface area contributed by atoms with Crippen LogP contribution in [0, 0.1) is 6.92 Å². The smallest absolute Gasteiger partial charge is 0.337 e. The van der Waals surface area contributed by atoms with Gasteiger partial charge in [0, 0.05) is 17.3 Å². The molecule has 0 fully saturated rings. The zero-order valence-corrected chi connectivity index (χ0v) is 11.2. The van der Waals surface area contributed by atoms with Gasteiger partial charge in [-0.1, -0.05) is 41.4 Å². The van der Waals surface area contributed by atoms with Crippen LogP contribution in [-0.4, -0.2) is 11.1 Å². The van der Waals surface area contributed by atoms with Gasteiger partial charge in [-0.25, -0.2) is 4.79 Å². The molecule has 0 aliphatic carbocycles. The molecule has 2 aromatic rings. The molecule has 2 aromatic carbocycles. The number of hydrogen-bond donors (Lipinski definition) is 2. The van der Waals surface area contributed by atoms with Gasteiger partial charge in [-0.2, -0.15) is 0 Å². The van der Waals surface area contributed by atoms with Crippen LogP contribution >= 0.6 is 11.6 Å². The van der Waals surface area contributed by atoms with Crippen molar-refractivity contribution in [2.24, 2.45) is 0 Å². The SMILES string of the molecule is Cc1cccc(CNc2ccc(Cl)cc2C(=O)O)c1. The summed E-state index contributed by atoms with van der Waals surface area (Å²) in [6, 6.07) is 12.9. The second kappa shape index (κ2) is 5.76. The lowest BCUT2D eigenvalue weighted by molar-refractivity contribution is 0.0698. The number of hydrogen-bond acceptors (Lipinski definition) is 2. The maximum atomic E-state index is 11.1. The highest BCUT2D eigenvalue weighted by Gasteiger charge is 2.10. The number of carboxylic acids is 1. The summed E-state index contributed by atoms with van der Waals surface area (Å²) in [7, 11) is 0. The lowest BCUT2D eigenvalue weighted by Gasteiger charge is -2.10. The minimum Gasteiger partial charge on any atom is -0.478 e. The van der Waals surface area contributed by atoms with E-state index >= 15 is 0 Å². The standard InChI is InChI=1S/C15H14ClNO2/c1-10-3-2-4-11(7-10)9-17-14-6-5-12(16)8-13(14)15(18)19/h2-8,17H,9H2,1H3,(H,18,19). The van der Waals surface area contributed by atoms with Gasteiger partial charge in [0.05, 0.1) is 5.56 Å². The number of nitrogens with one attached hydrogen (secondary N) is 1. The van der Waals surface area contributed by atoms with Crippen LogP contribution in [0.5, 0.6) is 0 Å². The maximum Gasteiger partial charge on any atom is 0.337 e. The fourth-order valence-corrected chi connectivity index (χ4v) is 2.04. The van der Waals surface area contributed by atoms with E-state index in [1.54, 1.807) is 12.1 Å². The van der Waals surface area contributed by atoms with Gasteiger partial charge in [-0.05, 0) is 30.7 Å². The Bertz CT molecular complexity index is 611. The molecule has 0 heterocycles. The molecule has 98 valence electrons. The number of benzene rings is 2. The van der Waals surface area contributed by atoms with Crippen LogP contribution in [0.1, 0.15) is 21.5 Å². The number of carboxylic acid groups (broad SMARTS) is 1. The Morgan fingerprint density at radius 1 is 1.26 bits per heavy atom. The van der Waals surface area contributed by atoms with E-state index in [0.717, 1.165) is 5.56 Å². The molecule has 0 aliphatic heterocycles. The van der Waals surface area contributed by atoms with E-state index in [1.165, 1.54) is 11.6 Å². The number of aromatic carboxylic acids is 1. The lowest BCUT2D eigenvalue weighted by Crippen LogP contribution is -2.06. The summed E-state index contributed by atoms with van der Waals surface area (Å²) in [5.74, 6) is -0.991. The molecule has 19 heavy (non-hydrogen) atoms. The van der Waals surface area contributed by atoms with Gasteiger partial charge in [0.25, 0.3) is 0 Å². The first kappa shape index (κ1) is 13.4. The molecule has 3 nitrogen and oxygen atoms in total. The Morgan fingerprint density at radius 3 is 2.74 bits per heavy atom. The zero-order valence-electron chi connectivity index (χ0n) is 10.5. The predicted octanol–water partition coefficient (Wildman–Crippen LogP) is 3.96. The molecule has 0 bridgehead atoms. The third kappa shape index (κ3) is 3.48. The summed E-state index contributed by atoms with van der Waals surface area (Å²) in [4.78, 5) is 11.1. The fourth-order valence-electron chi connectivity index (χ4n) is 1.87. The molecule has 2 rings (SSSR count). The molecular formula is C15H14ClNO2. The molecule has 0 spiro atoms. The second-order valence-electron chi connectivity index (χ2n) is 4.34. The van der Waals surface area contributed by atoms with Crippen molar-refractivity contribution >= 4 is 23.3 Å². The number of anilines is 1. The van der Waals surface area contributed by atoms with Crippen molar-refractivity contribution in [1.82, 2.24) is 0 Å². The topological polar surface area (TPSA) is 49.3 Å². The van der Waals surface area contributed by atoms with Gasteiger partial charge >= 0.3 is 5.97 Å². The zero-order chi connectivity index (χ0) is 13.8. The Labute approximate surface area is 116 Å². The van der Waals surface area contributed by atoms with E-state index < -0.39 is 5.97 Å². The van der Waals surface area contributed by atoms with Crippen LogP contribution in [0.4, 0.5) is 5.69 Å². The molecule has 0 aromatic heterocycles. The maximum absolute atomic E-state index is 11.1. The van der Waals surface area contributed by atoms with Gasteiger partial charge in [0.15, 0.2) is 0 Å². The summed E-state index contributed by atoms with van der Waals surface area (Å²) in [5, 5.41) is 12.7. The van der Waals surface area contributed by atoms with Crippen LogP contribution in [0.3, 0.4) is 0 Å². The molecule has 0 unspecified atom stereocenters. The van der Waals surface area contributed by atoms with E-state index in [1.807, 2.05) is 25.1 Å². The molecule has 4 heteroatoms. The summed E-state index contributed by atoms with van der Waals surface area (Å²) in [6.07, 6.45) is 0. The summed E-state index contributed by atoms with van der Waals surface area (Å²) in [5.41, 5.74) is 3.03. The Hall–Kier alpha value is -2.00. The Morgan fingerprint density at radius 2 is 2.05 bits per heavy atom. The van der Waals surface area contributed by atoms with Crippen molar-refractivity contribution < 1.29 is 9.90 Å². The molecular weight excluding hydrogens is 262 g/mol. The van der Waals surface area contributed by atoms with Gasteiger partial charge in [-0.15, -0.1) is 0 Å². The second-order valence-corrected chi connectivity index (χ2v) is 4.77. The quantitative estimate of drug-likeness (QED) is 0.888. The first-order valence-electron chi connectivity index (χ1n) is 5.88. The number of halogens is 1. The third-order valence-corrected chi connectivity index (χ3v) is 3.01. The number of aryl methyl sites for hydroxylation is 1. The summed E-state index contributed by atoms with van der Waals surface area (Å²) >= 11 is 5.81. The summed E-state index contributed by atoms with van der Waals surface area (Å²) < 4.78 is 0. The van der Waals surface area contributed by atoms with Gasteiger partial charge in [0.1, 0.15) is 0 Å². The lowest BCUT2D eigenvalue weighted by atomic mass is 10.1. The monoisotopic (exact) mass is 275 g/mol. The highest BCUT2D eigenvalue weighted by Crippen LogP contribution is 2.21. The van der Waals surface area contributed by atoms with Crippen molar-refractivity contribution in [2.75, 3.05) is 5.32 Å². The average molecular weight is 276 g/mol. The largest absolute Gasteiger partial charge is 0.478 e. The molecule has 0 amide bonds. The van der Waals surface area contributed by atoms with Crippen LogP contribution in [0.15, 0.2) is 42.5 Å². The highest BCUT2D eigenvalue weighted by atomic mass is 35.5. The minimum atomic E-state index is -0.991. The molecule has 0 aliphatic rings. The van der Waals surface area contributed by atoms with Crippen molar-refractivity contribution in [3.63, 3.8) is 0 Å². The normalized spacial score (nSPS) is 10.2. The van der Waals surface area contributed by atoms with E-state index in [4.69, 9.17) is 16.7 Å². The van der Waals surface area contributed by atoms with E-state index in [0.29, 0.717) is 17.3 Å². The Balaban J connectivity index is 2.17. The van der Waals surface area contributed by atoms with E-state index in [2.05, 4.69) is 11.4 Å². The van der Waals surface area contributed by atoms with E-state index in [-0.39, 0.29) is 5.56 Å². The number of carbonyl (C=O) groups is 1. The van der Waals surface area contributed by atoms with Crippen molar-refractivity contribution in [3.05, 3.63) is 64.2 Å². The molecule has 2 N–H and O–H groups in total. The first-order chi connectivity index (χ1) is 9.06. The van der Waals surface area contributed by atoms with Crippen LogP contribution in [0.2, 0.25) is 5.02 Å². The first-order valence-corrected chi connectivity index (χ1v) is 6.26. The van der Waals surface area contributed by atoms with Crippen molar-refractivity contribution in [2.45, 2.75) is 13.5 Å². The minimum absolute atomic E-state index is 0.181. The number of rotatable bonds is 4. The van der Waals surface area contributed by atoms with E-state index in [9.17, 15) is 4.79 Å². The third-order valence-electron chi connectivity index (χ3n) is 2.78. The highest BCUT2D eigenvalue weighted by molar-refractivity contribution is 6.31. The average Bonchev–Trinajstić information content (AvgIpc) is 2.37. The fraction of sp³-hybridized carbons (Fsp3) is 0.133. The molecule has 0 saturated heterocycles. The predicted molar refractivity (Wildman–Crippen MR) is 76.9 cm³/mol. The molecule has 0 atom stereocenters. The van der Waals surface area contributed by atoms with Gasteiger partial charge < -0.3 is 10.4 Å². The van der Waals surface area contributed by atoms with Crippen LogP contribution < -0.4 is 5.32 Å². The molecule has 0 radical (unpaired) electrons. The van der Waals surface area contributed by atoms with Crippen molar-refractivity contribution in [1.29, 1.82) is 0 Å². The summed E-state index contributed by atoms with van der Waals surface area (Å²) in [6.45, 7) is 2.60. The van der Waals surface area contributed by atoms with Gasteiger partial charge in [0.2, 0.25) is 0 Å². The van der Waals surface area contributed by atoms with Crippen molar-refractivity contribution in [3.8, 4) is 0 Å². The molecule has 0 saturated carbocycles.